The molecule has 0 radical (unpaired) electrons. The summed E-state index contributed by atoms with van der Waals surface area (Å²) in [5, 5.41) is 12.7. The first-order valence-corrected chi connectivity index (χ1v) is 5.37. The number of nitriles is 1. The zero-order valence-corrected chi connectivity index (χ0v) is 10.1. The third-order valence-corrected chi connectivity index (χ3v) is 2.35. The molecule has 0 aliphatic heterocycles. The maximum absolute atomic E-state index is 8.69. The van der Waals surface area contributed by atoms with E-state index in [1.54, 1.807) is 17.1 Å². The Hall–Kier alpha value is -2.09. The van der Waals surface area contributed by atoms with Crippen LogP contribution in [0, 0.1) is 11.3 Å². The van der Waals surface area contributed by atoms with Crippen LogP contribution < -0.4 is 0 Å². The molecule has 0 aliphatic rings. The van der Waals surface area contributed by atoms with E-state index in [4.69, 9.17) is 9.68 Å². The monoisotopic (exact) mass is 230 g/mol. The highest BCUT2D eigenvalue weighted by Crippen LogP contribution is 2.22. The topological polar surface area (TPSA) is 67.6 Å². The molecule has 2 rings (SSSR count). The van der Waals surface area contributed by atoms with Gasteiger partial charge in [-0.2, -0.15) is 10.4 Å². The van der Waals surface area contributed by atoms with Gasteiger partial charge in [0.15, 0.2) is 0 Å². The molecule has 0 saturated heterocycles. The van der Waals surface area contributed by atoms with Gasteiger partial charge in [0.1, 0.15) is 18.4 Å². The number of aromatic nitrogens is 3. The molecule has 0 amide bonds. The second-order valence-electron chi connectivity index (χ2n) is 4.91. The first-order valence-electron chi connectivity index (χ1n) is 5.37. The van der Waals surface area contributed by atoms with E-state index in [0.717, 1.165) is 5.76 Å². The van der Waals surface area contributed by atoms with Gasteiger partial charge in [-0.15, -0.1) is 0 Å². The van der Waals surface area contributed by atoms with E-state index >= 15 is 0 Å². The summed E-state index contributed by atoms with van der Waals surface area (Å²) >= 11 is 0. The van der Waals surface area contributed by atoms with Crippen molar-refractivity contribution in [2.75, 3.05) is 0 Å². The Morgan fingerprint density at radius 1 is 1.41 bits per heavy atom. The predicted molar refractivity (Wildman–Crippen MR) is 61.2 cm³/mol. The number of rotatable bonds is 2. The molecule has 5 heteroatoms. The summed E-state index contributed by atoms with van der Waals surface area (Å²) in [7, 11) is 0. The first kappa shape index (κ1) is 11.4. The average molecular weight is 230 g/mol. The number of oxazole rings is 1. The molecule has 2 heterocycles. The first-order chi connectivity index (χ1) is 7.99. The summed E-state index contributed by atoms with van der Waals surface area (Å²) in [5.41, 5.74) is 0.486. The average Bonchev–Trinajstić information content (AvgIpc) is 2.86. The predicted octanol–water partition coefficient (Wildman–Crippen LogP) is 2.09. The third kappa shape index (κ3) is 2.53. The van der Waals surface area contributed by atoms with Crippen molar-refractivity contribution in [3.63, 3.8) is 0 Å². The highest BCUT2D eigenvalue weighted by molar-refractivity contribution is 5.21. The molecule has 5 nitrogen and oxygen atoms in total. The molecule has 17 heavy (non-hydrogen) atoms. The molecule has 0 bridgehead atoms. The molecule has 0 saturated carbocycles. The van der Waals surface area contributed by atoms with Crippen LogP contribution in [0.15, 0.2) is 23.0 Å². The molecule has 0 atom stereocenters. The Labute approximate surface area is 99.7 Å². The van der Waals surface area contributed by atoms with Crippen LogP contribution in [0.3, 0.4) is 0 Å². The van der Waals surface area contributed by atoms with Crippen molar-refractivity contribution in [2.45, 2.75) is 32.7 Å². The lowest BCUT2D eigenvalue weighted by Crippen LogP contribution is -2.09. The van der Waals surface area contributed by atoms with Crippen LogP contribution >= 0.6 is 0 Å². The van der Waals surface area contributed by atoms with Gasteiger partial charge in [0.05, 0.1) is 18.0 Å². The largest absolute Gasteiger partial charge is 0.443 e. The summed E-state index contributed by atoms with van der Waals surface area (Å²) < 4.78 is 7.28. The Kier molecular flexibility index (Phi) is 2.72. The van der Waals surface area contributed by atoms with E-state index in [1.807, 2.05) is 6.07 Å². The second-order valence-corrected chi connectivity index (χ2v) is 4.91. The summed E-state index contributed by atoms with van der Waals surface area (Å²) in [5.74, 6) is 1.45. The molecular weight excluding hydrogens is 216 g/mol. The minimum Gasteiger partial charge on any atom is -0.443 e. The van der Waals surface area contributed by atoms with Gasteiger partial charge in [-0.3, -0.25) is 4.68 Å². The molecule has 88 valence electrons. The van der Waals surface area contributed by atoms with Gasteiger partial charge in [0.25, 0.3) is 0 Å². The quantitative estimate of drug-likeness (QED) is 0.792. The van der Waals surface area contributed by atoms with Crippen LogP contribution in [0.5, 0.6) is 0 Å². The van der Waals surface area contributed by atoms with Gasteiger partial charge in [-0.25, -0.2) is 4.98 Å². The fourth-order valence-electron chi connectivity index (χ4n) is 1.38. The van der Waals surface area contributed by atoms with Gasteiger partial charge >= 0.3 is 0 Å². The van der Waals surface area contributed by atoms with Crippen molar-refractivity contribution in [1.29, 1.82) is 5.26 Å². The fourth-order valence-corrected chi connectivity index (χ4v) is 1.38. The van der Waals surface area contributed by atoms with Gasteiger partial charge in [0.2, 0.25) is 5.89 Å². The van der Waals surface area contributed by atoms with Gasteiger partial charge in [-0.05, 0) is 0 Å². The van der Waals surface area contributed by atoms with Crippen molar-refractivity contribution >= 4 is 0 Å². The Morgan fingerprint density at radius 2 is 2.18 bits per heavy atom. The van der Waals surface area contributed by atoms with E-state index in [2.05, 4.69) is 30.9 Å². The van der Waals surface area contributed by atoms with Crippen LogP contribution in [-0.2, 0) is 12.0 Å². The number of nitrogens with zero attached hydrogens (tertiary/aromatic N) is 4. The highest BCUT2D eigenvalue weighted by atomic mass is 16.4. The maximum Gasteiger partial charge on any atom is 0.216 e. The fraction of sp³-hybridized carbons (Fsp3) is 0.417. The summed E-state index contributed by atoms with van der Waals surface area (Å²) in [6, 6.07) is 2.03. The van der Waals surface area contributed by atoms with Crippen LogP contribution in [-0.4, -0.2) is 14.8 Å². The van der Waals surface area contributed by atoms with Crippen molar-refractivity contribution in [1.82, 2.24) is 14.8 Å². The Balaban J connectivity index is 2.15. The molecular formula is C12H14N4O. The lowest BCUT2D eigenvalue weighted by molar-refractivity contribution is 0.372. The highest BCUT2D eigenvalue weighted by Gasteiger charge is 2.19. The number of hydrogen-bond acceptors (Lipinski definition) is 4. The molecule has 2 aromatic rings. The zero-order valence-electron chi connectivity index (χ0n) is 10.1. The van der Waals surface area contributed by atoms with E-state index in [9.17, 15) is 0 Å². The van der Waals surface area contributed by atoms with E-state index < -0.39 is 0 Å². The number of hydrogen-bond donors (Lipinski definition) is 0. The van der Waals surface area contributed by atoms with Crippen LogP contribution in [0.2, 0.25) is 0 Å². The minimum absolute atomic E-state index is 0.0484. The molecule has 0 N–H and O–H groups in total. The molecule has 0 aromatic carbocycles. The second kappa shape index (κ2) is 4.06. The summed E-state index contributed by atoms with van der Waals surface area (Å²) in [6.45, 7) is 6.65. The van der Waals surface area contributed by atoms with Crippen molar-refractivity contribution in [3.05, 3.63) is 35.8 Å². The van der Waals surface area contributed by atoms with Crippen molar-refractivity contribution in [3.8, 4) is 6.07 Å². The van der Waals surface area contributed by atoms with Crippen molar-refractivity contribution < 1.29 is 4.42 Å². The van der Waals surface area contributed by atoms with Gasteiger partial charge < -0.3 is 4.42 Å². The summed E-state index contributed by atoms with van der Waals surface area (Å²) in [4.78, 5) is 4.20. The molecule has 2 aromatic heterocycles. The van der Waals surface area contributed by atoms with Crippen LogP contribution in [0.25, 0.3) is 0 Å². The smallest absolute Gasteiger partial charge is 0.216 e. The Morgan fingerprint density at radius 3 is 2.71 bits per heavy atom. The van der Waals surface area contributed by atoms with Gasteiger partial charge in [0, 0.05) is 11.6 Å². The molecule has 0 unspecified atom stereocenters. The maximum atomic E-state index is 8.69. The van der Waals surface area contributed by atoms with E-state index in [1.165, 1.54) is 6.20 Å². The molecule has 0 aliphatic carbocycles. The standard InChI is InChI=1S/C12H14N4O/c1-12(2,3)10-6-14-11(17-10)8-16-7-9(4-13)5-15-16/h5-7H,8H2,1-3H3. The molecule has 0 spiro atoms. The lowest BCUT2D eigenvalue weighted by Gasteiger charge is -2.13. The van der Waals surface area contributed by atoms with E-state index in [0.29, 0.717) is 18.0 Å². The zero-order chi connectivity index (χ0) is 12.5. The molecule has 0 fully saturated rings. The van der Waals surface area contributed by atoms with Crippen LogP contribution in [0.4, 0.5) is 0 Å². The van der Waals surface area contributed by atoms with Gasteiger partial charge in [-0.1, -0.05) is 20.8 Å². The van der Waals surface area contributed by atoms with E-state index in [-0.39, 0.29) is 5.41 Å². The van der Waals surface area contributed by atoms with Crippen molar-refractivity contribution in [2.24, 2.45) is 0 Å². The lowest BCUT2D eigenvalue weighted by atomic mass is 9.94. The third-order valence-electron chi connectivity index (χ3n) is 2.35. The normalized spacial score (nSPS) is 11.4. The minimum atomic E-state index is -0.0484. The Bertz CT molecular complexity index is 554. The summed E-state index contributed by atoms with van der Waals surface area (Å²) in [6.07, 6.45) is 4.93. The van der Waals surface area contributed by atoms with Crippen LogP contribution in [0.1, 0.15) is 38.0 Å². The SMILES string of the molecule is CC(C)(C)c1cnc(Cn2cc(C#N)cn2)o1.